The third kappa shape index (κ3) is 5.49. The molecule has 0 radical (unpaired) electrons. The summed E-state index contributed by atoms with van der Waals surface area (Å²) in [5.74, 6) is -0.0889. The van der Waals surface area contributed by atoms with Crippen molar-refractivity contribution in [3.63, 3.8) is 0 Å². The lowest BCUT2D eigenvalue weighted by Gasteiger charge is -2.34. The third-order valence-corrected chi connectivity index (χ3v) is 8.45. The molecule has 1 amide bonds. The monoisotopic (exact) mass is 673 g/mol. The predicted octanol–water partition coefficient (Wildman–Crippen LogP) is 4.10. The van der Waals surface area contributed by atoms with Gasteiger partial charge in [-0.25, -0.2) is 24.2 Å². The number of hydrogen-bond acceptors (Lipinski definition) is 8. The van der Waals surface area contributed by atoms with Crippen LogP contribution in [0.5, 0.6) is 5.75 Å². The first-order valence-electron chi connectivity index (χ1n) is 13.8. The van der Waals surface area contributed by atoms with Crippen LogP contribution in [0.2, 0.25) is 0 Å². The Morgan fingerprint density at radius 3 is 2.45 bits per heavy atom. The van der Waals surface area contributed by atoms with Gasteiger partial charge in [-0.15, -0.1) is 0 Å². The van der Waals surface area contributed by atoms with E-state index in [2.05, 4.69) is 31.0 Å². The van der Waals surface area contributed by atoms with Gasteiger partial charge in [0.15, 0.2) is 5.75 Å². The second kappa shape index (κ2) is 11.1. The van der Waals surface area contributed by atoms with Gasteiger partial charge < -0.3 is 14.7 Å². The van der Waals surface area contributed by atoms with E-state index < -0.39 is 29.2 Å². The molecule has 0 saturated heterocycles. The minimum Gasteiger partial charge on any atom is -0.487 e. The number of benzene rings is 1. The van der Waals surface area contributed by atoms with E-state index in [-0.39, 0.29) is 47.1 Å². The van der Waals surface area contributed by atoms with Gasteiger partial charge in [0.1, 0.15) is 6.10 Å². The van der Waals surface area contributed by atoms with Gasteiger partial charge in [-0.1, -0.05) is 15.9 Å². The fourth-order valence-corrected chi connectivity index (χ4v) is 5.90. The average molecular weight is 674 g/mol. The highest BCUT2D eigenvalue weighted by Crippen LogP contribution is 2.36. The number of nitrogens with zero attached hydrogens (tertiary/aromatic N) is 7. The van der Waals surface area contributed by atoms with E-state index in [9.17, 15) is 27.9 Å². The minimum absolute atomic E-state index is 0.0366. The summed E-state index contributed by atoms with van der Waals surface area (Å²) in [6.45, 7) is 5.21. The van der Waals surface area contributed by atoms with Gasteiger partial charge in [-0.3, -0.25) is 9.59 Å². The van der Waals surface area contributed by atoms with Crippen LogP contribution in [0, 0.1) is 13.8 Å². The van der Waals surface area contributed by atoms with Crippen LogP contribution in [0.3, 0.4) is 0 Å². The third-order valence-electron chi connectivity index (χ3n) is 7.76. The van der Waals surface area contributed by atoms with Gasteiger partial charge >= 0.3 is 6.18 Å². The van der Waals surface area contributed by atoms with Crippen molar-refractivity contribution in [2.75, 3.05) is 0 Å². The standard InChI is InChI=1S/C29H27BrF3N7O4/c1-14-6-16(3)40(37-14)28-36-24-13-38(25(42)17-4-5-23(30)22(8-17)29(31,32)33)15(2)7-21(24)26(43)39(28)27-34-11-20(12-35-27)44-19-9-18(41)10-19/h4-6,8,11-12,15,18-19,41H,7,9-10,13H2,1-3H3/t15-,18-,19-/m1/s1. The van der Waals surface area contributed by atoms with E-state index in [4.69, 9.17) is 9.72 Å². The van der Waals surface area contributed by atoms with Crippen molar-refractivity contribution in [1.82, 2.24) is 34.2 Å². The van der Waals surface area contributed by atoms with Crippen molar-refractivity contribution in [2.24, 2.45) is 0 Å². The highest BCUT2D eigenvalue weighted by atomic mass is 79.9. The molecule has 0 unspecified atom stereocenters. The Labute approximate surface area is 257 Å². The van der Waals surface area contributed by atoms with E-state index >= 15 is 0 Å². The second-order valence-corrected chi connectivity index (χ2v) is 11.9. The van der Waals surface area contributed by atoms with Gasteiger partial charge in [0.25, 0.3) is 11.5 Å². The number of carbonyl (C=O) groups is 1. The number of amides is 1. The molecule has 1 atom stereocenters. The first-order valence-corrected chi connectivity index (χ1v) is 14.6. The number of aliphatic hydroxyl groups excluding tert-OH is 1. The lowest BCUT2D eigenvalue weighted by molar-refractivity contribution is -0.138. The number of ether oxygens (including phenoxy) is 1. The summed E-state index contributed by atoms with van der Waals surface area (Å²) in [4.78, 5) is 42.5. The normalized spacial score (nSPS) is 19.8. The molecule has 4 heterocycles. The number of rotatable bonds is 5. The van der Waals surface area contributed by atoms with Crippen molar-refractivity contribution in [3.8, 4) is 17.6 Å². The molecule has 1 saturated carbocycles. The summed E-state index contributed by atoms with van der Waals surface area (Å²) >= 11 is 2.91. The van der Waals surface area contributed by atoms with Crippen LogP contribution in [0.4, 0.5) is 13.2 Å². The molecule has 3 aromatic heterocycles. The van der Waals surface area contributed by atoms with Gasteiger partial charge in [0.05, 0.1) is 42.0 Å². The van der Waals surface area contributed by atoms with E-state index in [0.717, 1.165) is 6.07 Å². The number of aryl methyl sites for hydroxylation is 2. The summed E-state index contributed by atoms with van der Waals surface area (Å²) in [5.41, 5.74) is 0.462. The van der Waals surface area contributed by atoms with Gasteiger partial charge in [-0.2, -0.15) is 18.3 Å². The Morgan fingerprint density at radius 1 is 1.14 bits per heavy atom. The smallest absolute Gasteiger partial charge is 0.417 e. The lowest BCUT2D eigenvalue weighted by Crippen LogP contribution is -2.46. The highest BCUT2D eigenvalue weighted by molar-refractivity contribution is 9.10. The van der Waals surface area contributed by atoms with E-state index in [1.54, 1.807) is 20.8 Å². The van der Waals surface area contributed by atoms with Crippen LogP contribution in [0.25, 0.3) is 11.9 Å². The zero-order chi connectivity index (χ0) is 31.5. The summed E-state index contributed by atoms with van der Waals surface area (Å²) < 4.78 is 49.0. The Balaban J connectivity index is 1.39. The van der Waals surface area contributed by atoms with Crippen LogP contribution in [-0.2, 0) is 19.1 Å². The molecule has 1 fully saturated rings. The quantitative estimate of drug-likeness (QED) is 0.336. The van der Waals surface area contributed by atoms with Crippen LogP contribution in [-0.4, -0.2) is 63.5 Å². The Morgan fingerprint density at radius 2 is 1.84 bits per heavy atom. The molecule has 1 aromatic carbocycles. The lowest BCUT2D eigenvalue weighted by atomic mass is 9.92. The molecule has 4 aromatic rings. The van der Waals surface area contributed by atoms with E-state index in [1.807, 2.05) is 6.07 Å². The molecule has 11 nitrogen and oxygen atoms in total. The Kier molecular flexibility index (Phi) is 7.56. The number of halogens is 4. The predicted molar refractivity (Wildman–Crippen MR) is 154 cm³/mol. The molecule has 6 rings (SSSR count). The van der Waals surface area contributed by atoms with Crippen molar-refractivity contribution < 1.29 is 27.8 Å². The van der Waals surface area contributed by atoms with Gasteiger partial charge in [0.2, 0.25) is 11.9 Å². The molecular formula is C29H27BrF3N7O4. The van der Waals surface area contributed by atoms with Crippen LogP contribution >= 0.6 is 15.9 Å². The zero-order valence-corrected chi connectivity index (χ0v) is 25.4. The molecule has 1 aliphatic heterocycles. The fourth-order valence-electron chi connectivity index (χ4n) is 5.43. The van der Waals surface area contributed by atoms with Crippen molar-refractivity contribution in [1.29, 1.82) is 0 Å². The number of aliphatic hydroxyl groups is 1. The molecule has 0 bridgehead atoms. The maximum Gasteiger partial charge on any atom is 0.417 e. The first-order chi connectivity index (χ1) is 20.8. The Bertz CT molecular complexity index is 1820. The zero-order valence-electron chi connectivity index (χ0n) is 23.8. The molecule has 15 heteroatoms. The SMILES string of the molecule is Cc1cc(C)n(-c2nc3c(c(=O)n2-c2ncc(O[C@H]4C[C@H](O)C4)cn2)C[C@@H](C)N(C(=O)c2ccc(Br)c(C(F)(F)F)c2)C3)n1. The number of hydrogen-bond donors (Lipinski definition) is 1. The van der Waals surface area contributed by atoms with E-state index in [0.29, 0.717) is 41.2 Å². The average Bonchev–Trinajstić information content (AvgIpc) is 3.29. The summed E-state index contributed by atoms with van der Waals surface area (Å²) in [6, 6.07) is 4.63. The topological polar surface area (TPSA) is 128 Å². The van der Waals surface area contributed by atoms with E-state index in [1.165, 1.54) is 38.7 Å². The molecular weight excluding hydrogens is 647 g/mol. The van der Waals surface area contributed by atoms with Crippen LogP contribution in [0.1, 0.15) is 58.3 Å². The molecule has 1 N–H and O–H groups in total. The van der Waals surface area contributed by atoms with Crippen molar-refractivity contribution in [2.45, 2.75) is 71.0 Å². The molecule has 230 valence electrons. The maximum atomic E-state index is 14.1. The number of carbonyl (C=O) groups excluding carboxylic acids is 1. The number of fused-ring (bicyclic) bond motifs is 1. The molecule has 1 aliphatic carbocycles. The summed E-state index contributed by atoms with van der Waals surface area (Å²) in [6.07, 6.45) is -1.14. The maximum absolute atomic E-state index is 14.1. The van der Waals surface area contributed by atoms with Crippen LogP contribution in [0.15, 0.2) is 45.9 Å². The number of aromatic nitrogens is 6. The fraction of sp³-hybridized carbons (Fsp3) is 0.379. The first kappa shape index (κ1) is 29.9. The second-order valence-electron chi connectivity index (χ2n) is 11.1. The molecule has 2 aliphatic rings. The largest absolute Gasteiger partial charge is 0.487 e. The van der Waals surface area contributed by atoms with Crippen molar-refractivity contribution >= 4 is 21.8 Å². The van der Waals surface area contributed by atoms with Gasteiger partial charge in [0, 0.05) is 40.2 Å². The Hall–Kier alpha value is -4.11. The molecule has 44 heavy (non-hydrogen) atoms. The highest BCUT2D eigenvalue weighted by Gasteiger charge is 2.36. The molecule has 0 spiro atoms. The summed E-state index contributed by atoms with van der Waals surface area (Å²) in [7, 11) is 0. The van der Waals surface area contributed by atoms with Crippen molar-refractivity contribution in [3.05, 3.63) is 85.3 Å². The van der Waals surface area contributed by atoms with Crippen LogP contribution < -0.4 is 10.3 Å². The van der Waals surface area contributed by atoms with Gasteiger partial charge in [-0.05, 0) is 51.5 Å². The number of alkyl halides is 3. The minimum atomic E-state index is -4.65. The summed E-state index contributed by atoms with van der Waals surface area (Å²) in [5, 5.41) is 14.0.